The van der Waals surface area contributed by atoms with Gasteiger partial charge in [0.25, 0.3) is 0 Å². The molecule has 0 aliphatic rings. The van der Waals surface area contributed by atoms with Crippen molar-refractivity contribution in [3.05, 3.63) is 17.7 Å². The Morgan fingerprint density at radius 1 is 1.31 bits per heavy atom. The van der Waals surface area contributed by atoms with E-state index in [9.17, 15) is 0 Å². The van der Waals surface area contributed by atoms with Gasteiger partial charge in [-0.05, 0) is 6.07 Å². The summed E-state index contributed by atoms with van der Waals surface area (Å²) in [6.07, 6.45) is 0. The summed E-state index contributed by atoms with van der Waals surface area (Å²) < 4.78 is 10.0. The van der Waals surface area contributed by atoms with Crippen LogP contribution in [-0.2, 0) is 0 Å². The van der Waals surface area contributed by atoms with Crippen LogP contribution in [-0.4, -0.2) is 14.2 Å². The van der Waals surface area contributed by atoms with Crippen molar-refractivity contribution in [1.29, 1.82) is 5.26 Å². The lowest BCUT2D eigenvalue weighted by molar-refractivity contribution is 0.356. The maximum Gasteiger partial charge on any atom is 0.183 e. The van der Waals surface area contributed by atoms with E-state index in [2.05, 4.69) is 0 Å². The highest BCUT2D eigenvalue weighted by Gasteiger charge is 2.09. The molecule has 0 aromatic heterocycles. The zero-order valence-electron chi connectivity index (χ0n) is 7.50. The minimum Gasteiger partial charge on any atom is -0.493 e. The van der Waals surface area contributed by atoms with E-state index in [-0.39, 0.29) is 0 Å². The first kappa shape index (κ1) is 9.20. The van der Waals surface area contributed by atoms with Gasteiger partial charge < -0.3 is 15.2 Å². The van der Waals surface area contributed by atoms with Crippen LogP contribution in [0, 0.1) is 11.3 Å². The number of nitriles is 1. The van der Waals surface area contributed by atoms with E-state index in [1.165, 1.54) is 14.2 Å². The van der Waals surface area contributed by atoms with Crippen molar-refractivity contribution >= 4 is 5.69 Å². The molecule has 0 spiro atoms. The summed E-state index contributed by atoms with van der Waals surface area (Å²) >= 11 is 0. The zero-order chi connectivity index (χ0) is 9.84. The van der Waals surface area contributed by atoms with Gasteiger partial charge in [-0.15, -0.1) is 0 Å². The third-order valence-corrected chi connectivity index (χ3v) is 1.64. The predicted molar refractivity (Wildman–Crippen MR) is 48.7 cm³/mol. The molecule has 0 saturated heterocycles. The Morgan fingerprint density at radius 3 is 2.46 bits per heavy atom. The summed E-state index contributed by atoms with van der Waals surface area (Å²) in [6.45, 7) is 0. The van der Waals surface area contributed by atoms with Crippen molar-refractivity contribution in [2.24, 2.45) is 0 Å². The molecule has 4 heteroatoms. The lowest BCUT2D eigenvalue weighted by Crippen LogP contribution is -1.97. The second kappa shape index (κ2) is 3.68. The molecule has 2 N–H and O–H groups in total. The van der Waals surface area contributed by atoms with Gasteiger partial charge in [0.2, 0.25) is 0 Å². The van der Waals surface area contributed by atoms with Gasteiger partial charge in [0.15, 0.2) is 11.5 Å². The van der Waals surface area contributed by atoms with Gasteiger partial charge in [-0.1, -0.05) is 0 Å². The molecule has 0 heterocycles. The number of anilines is 1. The van der Waals surface area contributed by atoms with Gasteiger partial charge in [0, 0.05) is 6.07 Å². The fourth-order valence-corrected chi connectivity index (χ4v) is 1.06. The smallest absolute Gasteiger partial charge is 0.183 e. The Morgan fingerprint density at radius 2 is 2.00 bits per heavy atom. The third kappa shape index (κ3) is 1.64. The molecule has 0 amide bonds. The molecular formula is C9H10N2O2. The normalized spacial score (nSPS) is 9.00. The molecule has 0 atom stereocenters. The SMILES string of the molecule is COc1cc(C#N)cc(N)c1OC. The molecule has 0 fully saturated rings. The number of hydrogen-bond donors (Lipinski definition) is 1. The van der Waals surface area contributed by atoms with Crippen LogP contribution in [0.1, 0.15) is 5.56 Å². The lowest BCUT2D eigenvalue weighted by atomic mass is 10.2. The quantitative estimate of drug-likeness (QED) is 0.690. The van der Waals surface area contributed by atoms with E-state index in [1.54, 1.807) is 12.1 Å². The standard InChI is InChI=1S/C9H10N2O2/c1-12-8-4-6(5-10)3-7(11)9(8)13-2/h3-4H,11H2,1-2H3. The average Bonchev–Trinajstić information content (AvgIpc) is 2.16. The number of nitrogens with zero attached hydrogens (tertiary/aromatic N) is 1. The van der Waals surface area contributed by atoms with Gasteiger partial charge in [-0.2, -0.15) is 5.26 Å². The third-order valence-electron chi connectivity index (χ3n) is 1.64. The van der Waals surface area contributed by atoms with E-state index in [0.29, 0.717) is 22.7 Å². The van der Waals surface area contributed by atoms with Crippen LogP contribution in [0.2, 0.25) is 0 Å². The first-order chi connectivity index (χ1) is 6.22. The number of nitrogens with two attached hydrogens (primary N) is 1. The molecule has 0 radical (unpaired) electrons. The monoisotopic (exact) mass is 178 g/mol. The Hall–Kier alpha value is -1.89. The summed E-state index contributed by atoms with van der Waals surface area (Å²) in [5.74, 6) is 0.931. The molecule has 0 aliphatic carbocycles. The molecule has 0 saturated carbocycles. The fraction of sp³-hybridized carbons (Fsp3) is 0.222. The molecule has 0 unspecified atom stereocenters. The van der Waals surface area contributed by atoms with E-state index in [0.717, 1.165) is 0 Å². The number of methoxy groups -OCH3 is 2. The predicted octanol–water partition coefficient (Wildman–Crippen LogP) is 1.16. The highest BCUT2D eigenvalue weighted by molar-refractivity contribution is 5.64. The number of hydrogen-bond acceptors (Lipinski definition) is 4. The summed E-state index contributed by atoms with van der Waals surface area (Å²) in [4.78, 5) is 0. The summed E-state index contributed by atoms with van der Waals surface area (Å²) in [5.41, 5.74) is 6.48. The van der Waals surface area contributed by atoms with E-state index >= 15 is 0 Å². The van der Waals surface area contributed by atoms with Gasteiger partial charge in [0.1, 0.15) is 0 Å². The maximum absolute atomic E-state index is 8.64. The Labute approximate surface area is 76.5 Å². The number of rotatable bonds is 2. The highest BCUT2D eigenvalue weighted by atomic mass is 16.5. The molecule has 13 heavy (non-hydrogen) atoms. The molecule has 1 aromatic rings. The summed E-state index contributed by atoms with van der Waals surface area (Å²) in [5, 5.41) is 8.64. The van der Waals surface area contributed by atoms with Crippen LogP contribution in [0.15, 0.2) is 12.1 Å². The van der Waals surface area contributed by atoms with Crippen molar-refractivity contribution < 1.29 is 9.47 Å². The van der Waals surface area contributed by atoms with Gasteiger partial charge in [0.05, 0.1) is 31.5 Å². The number of benzene rings is 1. The van der Waals surface area contributed by atoms with Crippen molar-refractivity contribution in [2.75, 3.05) is 20.0 Å². The molecule has 0 bridgehead atoms. The molecule has 4 nitrogen and oxygen atoms in total. The van der Waals surface area contributed by atoms with Crippen molar-refractivity contribution in [1.82, 2.24) is 0 Å². The summed E-state index contributed by atoms with van der Waals surface area (Å²) in [7, 11) is 3.00. The van der Waals surface area contributed by atoms with Crippen LogP contribution in [0.4, 0.5) is 5.69 Å². The average molecular weight is 178 g/mol. The topological polar surface area (TPSA) is 68.3 Å². The maximum atomic E-state index is 8.64. The molecule has 1 rings (SSSR count). The largest absolute Gasteiger partial charge is 0.493 e. The van der Waals surface area contributed by atoms with Gasteiger partial charge in [-0.3, -0.25) is 0 Å². The fourth-order valence-electron chi connectivity index (χ4n) is 1.06. The molecule has 0 aliphatic heterocycles. The molecule has 68 valence electrons. The minimum absolute atomic E-state index is 0.401. The number of ether oxygens (including phenoxy) is 2. The first-order valence-electron chi connectivity index (χ1n) is 3.64. The zero-order valence-corrected chi connectivity index (χ0v) is 7.50. The van der Waals surface area contributed by atoms with Crippen LogP contribution in [0.25, 0.3) is 0 Å². The summed E-state index contributed by atoms with van der Waals surface area (Å²) in [6, 6.07) is 5.10. The van der Waals surface area contributed by atoms with E-state index in [4.69, 9.17) is 20.5 Å². The second-order valence-corrected chi connectivity index (χ2v) is 2.41. The number of nitrogen functional groups attached to an aromatic ring is 1. The first-order valence-corrected chi connectivity index (χ1v) is 3.64. The van der Waals surface area contributed by atoms with Crippen LogP contribution in [0.3, 0.4) is 0 Å². The van der Waals surface area contributed by atoms with Crippen LogP contribution >= 0.6 is 0 Å². The van der Waals surface area contributed by atoms with E-state index < -0.39 is 0 Å². The Bertz CT molecular complexity index is 355. The molecule has 1 aromatic carbocycles. The minimum atomic E-state index is 0.401. The highest BCUT2D eigenvalue weighted by Crippen LogP contribution is 2.33. The van der Waals surface area contributed by atoms with Gasteiger partial charge >= 0.3 is 0 Å². The molecular weight excluding hydrogens is 168 g/mol. The Kier molecular flexibility index (Phi) is 2.60. The van der Waals surface area contributed by atoms with Crippen molar-refractivity contribution in [3.63, 3.8) is 0 Å². The second-order valence-electron chi connectivity index (χ2n) is 2.41. The van der Waals surface area contributed by atoms with Crippen LogP contribution in [0.5, 0.6) is 11.5 Å². The van der Waals surface area contributed by atoms with Crippen molar-refractivity contribution in [2.45, 2.75) is 0 Å². The lowest BCUT2D eigenvalue weighted by Gasteiger charge is -2.09. The van der Waals surface area contributed by atoms with Crippen LogP contribution < -0.4 is 15.2 Å². The van der Waals surface area contributed by atoms with Crippen molar-refractivity contribution in [3.8, 4) is 17.6 Å². The Balaban J connectivity index is 3.31. The van der Waals surface area contributed by atoms with E-state index in [1.807, 2.05) is 6.07 Å². The van der Waals surface area contributed by atoms with Gasteiger partial charge in [-0.25, -0.2) is 0 Å².